The second-order valence-electron chi connectivity index (χ2n) is 7.36. The molecule has 1 aliphatic rings. The summed E-state index contributed by atoms with van der Waals surface area (Å²) >= 11 is 1.80. The molecule has 0 spiro atoms. The van der Waals surface area contributed by atoms with Gasteiger partial charge in [-0.1, -0.05) is 18.2 Å². The van der Waals surface area contributed by atoms with Gasteiger partial charge in [0.2, 0.25) is 10.0 Å². The van der Waals surface area contributed by atoms with E-state index in [1.807, 2.05) is 0 Å². The van der Waals surface area contributed by atoms with E-state index >= 15 is 0 Å². The summed E-state index contributed by atoms with van der Waals surface area (Å²) < 4.78 is 22.7. The van der Waals surface area contributed by atoms with Gasteiger partial charge >= 0.3 is 0 Å². The van der Waals surface area contributed by atoms with E-state index in [9.17, 15) is 8.42 Å². The largest absolute Gasteiger partial charge is 0.357 e. The van der Waals surface area contributed by atoms with E-state index in [2.05, 4.69) is 40.0 Å². The fourth-order valence-electron chi connectivity index (χ4n) is 3.61. The molecule has 3 rings (SSSR count). The molecule has 164 valence electrons. The number of sulfonamides is 1. The van der Waals surface area contributed by atoms with Crippen molar-refractivity contribution in [2.75, 3.05) is 32.7 Å². The minimum atomic E-state index is -3.65. The van der Waals surface area contributed by atoms with Crippen LogP contribution in [0, 0.1) is 0 Å². The van der Waals surface area contributed by atoms with Crippen LogP contribution < -0.4 is 15.8 Å². The second kappa shape index (κ2) is 10.9. The van der Waals surface area contributed by atoms with Crippen LogP contribution in [0.15, 0.2) is 51.7 Å². The summed E-state index contributed by atoms with van der Waals surface area (Å²) in [6, 6.07) is 11.3. The summed E-state index contributed by atoms with van der Waals surface area (Å²) in [4.78, 5) is 8.89. The Morgan fingerprint density at radius 2 is 1.93 bits per heavy atom. The van der Waals surface area contributed by atoms with Crippen LogP contribution >= 0.6 is 11.3 Å². The number of primary sulfonamides is 1. The molecule has 9 heteroatoms. The SMILES string of the molecule is CCNC(=NCC(c1cccs1)N1CCCC1)NCCc1ccc(S(N)(=O)=O)cc1. The van der Waals surface area contributed by atoms with Crippen molar-refractivity contribution in [1.29, 1.82) is 0 Å². The number of nitrogens with two attached hydrogens (primary N) is 1. The molecule has 0 amide bonds. The number of nitrogens with one attached hydrogen (secondary N) is 2. The van der Waals surface area contributed by atoms with Crippen molar-refractivity contribution in [3.63, 3.8) is 0 Å². The van der Waals surface area contributed by atoms with Crippen molar-refractivity contribution < 1.29 is 8.42 Å². The molecular weight excluding hydrogens is 418 g/mol. The van der Waals surface area contributed by atoms with Crippen LogP contribution in [0.2, 0.25) is 0 Å². The highest BCUT2D eigenvalue weighted by Crippen LogP contribution is 2.28. The van der Waals surface area contributed by atoms with E-state index < -0.39 is 10.0 Å². The molecular formula is C21H31N5O2S2. The molecule has 2 heterocycles. The molecule has 1 aromatic carbocycles. The normalized spacial score (nSPS) is 16.5. The first-order valence-electron chi connectivity index (χ1n) is 10.4. The Labute approximate surface area is 183 Å². The number of rotatable bonds is 9. The number of thiophene rings is 1. The van der Waals surface area contributed by atoms with Gasteiger partial charge in [-0.25, -0.2) is 13.6 Å². The van der Waals surface area contributed by atoms with Crippen molar-refractivity contribution >= 4 is 27.3 Å². The lowest BCUT2D eigenvalue weighted by atomic mass is 10.1. The molecule has 1 aliphatic heterocycles. The van der Waals surface area contributed by atoms with Crippen LogP contribution in [-0.2, 0) is 16.4 Å². The second-order valence-corrected chi connectivity index (χ2v) is 9.90. The summed E-state index contributed by atoms with van der Waals surface area (Å²) in [5.74, 6) is 0.805. The van der Waals surface area contributed by atoms with Crippen molar-refractivity contribution in [2.24, 2.45) is 10.1 Å². The predicted molar refractivity (Wildman–Crippen MR) is 123 cm³/mol. The third-order valence-corrected chi connectivity index (χ3v) is 7.08. The number of likely N-dealkylation sites (tertiary alicyclic amines) is 1. The molecule has 4 N–H and O–H groups in total. The highest BCUT2D eigenvalue weighted by atomic mass is 32.2. The van der Waals surface area contributed by atoms with Crippen LogP contribution in [0.3, 0.4) is 0 Å². The summed E-state index contributed by atoms with van der Waals surface area (Å²) in [6.07, 6.45) is 3.28. The van der Waals surface area contributed by atoms with Gasteiger partial charge in [-0.2, -0.15) is 0 Å². The van der Waals surface area contributed by atoms with Crippen LogP contribution in [-0.4, -0.2) is 52.0 Å². The van der Waals surface area contributed by atoms with E-state index in [0.29, 0.717) is 12.6 Å². The summed E-state index contributed by atoms with van der Waals surface area (Å²) in [6.45, 7) is 6.54. The maximum Gasteiger partial charge on any atom is 0.238 e. The Hall–Kier alpha value is -1.94. The minimum absolute atomic E-state index is 0.135. The van der Waals surface area contributed by atoms with E-state index in [1.165, 1.54) is 17.7 Å². The fraction of sp³-hybridized carbons (Fsp3) is 0.476. The van der Waals surface area contributed by atoms with Crippen molar-refractivity contribution in [2.45, 2.75) is 37.1 Å². The average molecular weight is 450 g/mol. The molecule has 0 saturated carbocycles. The van der Waals surface area contributed by atoms with Gasteiger partial charge in [0.15, 0.2) is 5.96 Å². The van der Waals surface area contributed by atoms with Crippen LogP contribution in [0.4, 0.5) is 0 Å². The Morgan fingerprint density at radius 1 is 1.20 bits per heavy atom. The van der Waals surface area contributed by atoms with Gasteiger partial charge in [-0.3, -0.25) is 9.89 Å². The van der Waals surface area contributed by atoms with Gasteiger partial charge in [0.05, 0.1) is 17.5 Å². The lowest BCUT2D eigenvalue weighted by Crippen LogP contribution is -2.39. The quantitative estimate of drug-likeness (QED) is 0.403. The lowest BCUT2D eigenvalue weighted by molar-refractivity contribution is 0.255. The molecule has 1 fully saturated rings. The highest BCUT2D eigenvalue weighted by Gasteiger charge is 2.24. The number of hydrogen-bond acceptors (Lipinski definition) is 5. The van der Waals surface area contributed by atoms with Crippen LogP contribution in [0.25, 0.3) is 0 Å². The third kappa shape index (κ3) is 6.53. The van der Waals surface area contributed by atoms with Crippen molar-refractivity contribution in [3.8, 4) is 0 Å². The van der Waals surface area contributed by atoms with Crippen LogP contribution in [0.5, 0.6) is 0 Å². The summed E-state index contributed by atoms with van der Waals surface area (Å²) in [7, 11) is -3.65. The van der Waals surface area contributed by atoms with E-state index in [-0.39, 0.29) is 4.90 Å². The zero-order valence-electron chi connectivity index (χ0n) is 17.4. The molecule has 1 saturated heterocycles. The number of nitrogens with zero attached hydrogens (tertiary/aromatic N) is 2. The Kier molecular flexibility index (Phi) is 8.26. The average Bonchev–Trinajstić information content (AvgIpc) is 3.43. The zero-order valence-corrected chi connectivity index (χ0v) is 19.0. The van der Waals surface area contributed by atoms with Gasteiger partial charge in [0.1, 0.15) is 0 Å². The first kappa shape index (κ1) is 22.7. The molecule has 2 aromatic rings. The first-order chi connectivity index (χ1) is 14.5. The Bertz CT molecular complexity index is 905. The molecule has 1 atom stereocenters. The maximum atomic E-state index is 11.4. The van der Waals surface area contributed by atoms with E-state index in [0.717, 1.165) is 44.1 Å². The molecule has 30 heavy (non-hydrogen) atoms. The van der Waals surface area contributed by atoms with Crippen molar-refractivity contribution in [3.05, 3.63) is 52.2 Å². The lowest BCUT2D eigenvalue weighted by Gasteiger charge is -2.25. The van der Waals surface area contributed by atoms with Gasteiger partial charge < -0.3 is 10.6 Å². The maximum absolute atomic E-state index is 11.4. The molecule has 1 unspecified atom stereocenters. The first-order valence-corrected chi connectivity index (χ1v) is 12.8. The molecule has 0 bridgehead atoms. The topological polar surface area (TPSA) is 99.8 Å². The van der Waals surface area contributed by atoms with E-state index in [4.69, 9.17) is 10.1 Å². The van der Waals surface area contributed by atoms with Gasteiger partial charge in [0.25, 0.3) is 0 Å². The Balaban J connectivity index is 1.58. The van der Waals surface area contributed by atoms with Gasteiger partial charge in [-0.05, 0) is 68.4 Å². The standard InChI is InChI=1S/C21H31N5O2S2/c1-2-23-21(24-12-11-17-7-9-18(10-8-17)30(22,27)28)25-16-19(20-6-5-15-29-20)26-13-3-4-14-26/h5-10,15,19H,2-4,11-14,16H2,1H3,(H2,22,27,28)(H2,23,24,25). The predicted octanol–water partition coefficient (Wildman–Crippen LogP) is 2.33. The molecule has 1 aromatic heterocycles. The van der Waals surface area contributed by atoms with Gasteiger partial charge in [0, 0.05) is 18.0 Å². The molecule has 0 radical (unpaired) electrons. The molecule has 0 aliphatic carbocycles. The fourth-order valence-corrected chi connectivity index (χ4v) is 4.98. The number of aliphatic imine (C=N–C) groups is 1. The monoisotopic (exact) mass is 449 g/mol. The minimum Gasteiger partial charge on any atom is -0.357 e. The smallest absolute Gasteiger partial charge is 0.238 e. The molecule has 7 nitrogen and oxygen atoms in total. The van der Waals surface area contributed by atoms with E-state index in [1.54, 1.807) is 35.6 Å². The Morgan fingerprint density at radius 3 is 2.53 bits per heavy atom. The van der Waals surface area contributed by atoms with Gasteiger partial charge in [-0.15, -0.1) is 11.3 Å². The third-order valence-electron chi connectivity index (χ3n) is 5.18. The number of benzene rings is 1. The number of guanidine groups is 1. The summed E-state index contributed by atoms with van der Waals surface area (Å²) in [5, 5.41) is 14.0. The summed E-state index contributed by atoms with van der Waals surface area (Å²) in [5.41, 5.74) is 1.04. The van der Waals surface area contributed by atoms with Crippen molar-refractivity contribution in [1.82, 2.24) is 15.5 Å². The zero-order chi connectivity index (χ0) is 21.4. The highest BCUT2D eigenvalue weighted by molar-refractivity contribution is 7.89. The number of hydrogen-bond donors (Lipinski definition) is 3. The van der Waals surface area contributed by atoms with Crippen LogP contribution in [0.1, 0.15) is 36.2 Å².